The summed E-state index contributed by atoms with van der Waals surface area (Å²) in [6.45, 7) is 3.51. The Morgan fingerprint density at radius 1 is 1.29 bits per heavy atom. The van der Waals surface area contributed by atoms with Crippen LogP contribution in [0.1, 0.15) is 26.2 Å². The summed E-state index contributed by atoms with van der Waals surface area (Å²) in [5.74, 6) is -2.10. The van der Waals surface area contributed by atoms with E-state index >= 15 is 0 Å². The van der Waals surface area contributed by atoms with E-state index in [-0.39, 0.29) is 30.1 Å². The first kappa shape index (κ1) is 15.1. The van der Waals surface area contributed by atoms with Crippen LogP contribution in [0.2, 0.25) is 0 Å². The molecule has 1 aromatic carbocycles. The Hall–Kier alpha value is -2.31. The number of carbonyl (C=O) groups is 1. The van der Waals surface area contributed by atoms with Gasteiger partial charge in [-0.1, -0.05) is 19.0 Å². The van der Waals surface area contributed by atoms with Gasteiger partial charge in [-0.25, -0.2) is 8.78 Å². The van der Waals surface area contributed by atoms with E-state index in [1.165, 1.54) is 0 Å². The Morgan fingerprint density at radius 3 is 2.48 bits per heavy atom. The molecule has 0 amide bonds. The summed E-state index contributed by atoms with van der Waals surface area (Å²) in [7, 11) is 0. The first-order valence-corrected chi connectivity index (χ1v) is 6.26. The summed E-state index contributed by atoms with van der Waals surface area (Å²) in [6, 6.07) is 2.95. The zero-order valence-electron chi connectivity index (χ0n) is 11.6. The average Bonchev–Trinajstić information content (AvgIpc) is 2.73. The van der Waals surface area contributed by atoms with Gasteiger partial charge in [0.15, 0.2) is 0 Å². The predicted octanol–water partition coefficient (Wildman–Crippen LogP) is 3.06. The molecule has 0 aliphatic carbocycles. The molecule has 1 aromatic heterocycles. The van der Waals surface area contributed by atoms with Gasteiger partial charge < -0.3 is 9.63 Å². The first-order valence-electron chi connectivity index (χ1n) is 6.26. The van der Waals surface area contributed by atoms with Crippen LogP contribution >= 0.6 is 0 Å². The number of halogens is 2. The van der Waals surface area contributed by atoms with E-state index in [2.05, 4.69) is 10.1 Å². The summed E-state index contributed by atoms with van der Waals surface area (Å²) >= 11 is 0. The van der Waals surface area contributed by atoms with E-state index in [0.717, 1.165) is 18.2 Å². The highest BCUT2D eigenvalue weighted by atomic mass is 19.1. The van der Waals surface area contributed by atoms with Gasteiger partial charge in [-0.3, -0.25) is 4.79 Å². The van der Waals surface area contributed by atoms with Crippen molar-refractivity contribution in [2.24, 2.45) is 5.41 Å². The summed E-state index contributed by atoms with van der Waals surface area (Å²) in [5, 5.41) is 12.5. The summed E-state index contributed by atoms with van der Waals surface area (Å²) in [6.07, 6.45) is 0.198. The molecule has 1 N–H and O–H groups in total. The molecule has 0 spiro atoms. The van der Waals surface area contributed by atoms with Crippen molar-refractivity contribution in [1.29, 1.82) is 0 Å². The zero-order valence-corrected chi connectivity index (χ0v) is 11.6. The Kier molecular flexibility index (Phi) is 4.02. The maximum Gasteiger partial charge on any atom is 0.303 e. The molecule has 0 aliphatic heterocycles. The molecule has 112 valence electrons. The lowest BCUT2D eigenvalue weighted by Crippen LogP contribution is -2.19. The molecule has 0 radical (unpaired) electrons. The molecular formula is C14H14F2N2O3. The SMILES string of the molecule is CC(C)(CC(=O)O)Cc1nc(-c2cc(F)cc(F)c2)no1. The lowest BCUT2D eigenvalue weighted by atomic mass is 9.86. The number of carboxylic acid groups (broad SMARTS) is 1. The van der Waals surface area contributed by atoms with E-state index in [9.17, 15) is 13.6 Å². The normalized spacial score (nSPS) is 11.6. The molecule has 0 bridgehead atoms. The van der Waals surface area contributed by atoms with Gasteiger partial charge in [0, 0.05) is 18.1 Å². The fraction of sp³-hybridized carbons (Fsp3) is 0.357. The standard InChI is InChI=1S/C14H14F2N2O3/c1-14(2,7-12(19)20)6-11-17-13(18-21-11)8-3-9(15)5-10(16)4-8/h3-5H,6-7H2,1-2H3,(H,19,20). The summed E-state index contributed by atoms with van der Waals surface area (Å²) in [4.78, 5) is 14.8. The van der Waals surface area contributed by atoms with Gasteiger partial charge in [-0.05, 0) is 17.5 Å². The van der Waals surface area contributed by atoms with Crippen LogP contribution < -0.4 is 0 Å². The molecule has 1 heterocycles. The fourth-order valence-electron chi connectivity index (χ4n) is 2.01. The van der Waals surface area contributed by atoms with E-state index in [1.54, 1.807) is 13.8 Å². The maximum atomic E-state index is 13.1. The number of aliphatic carboxylic acids is 1. The van der Waals surface area contributed by atoms with Crippen molar-refractivity contribution in [3.8, 4) is 11.4 Å². The van der Waals surface area contributed by atoms with Gasteiger partial charge in [0.2, 0.25) is 11.7 Å². The topological polar surface area (TPSA) is 76.2 Å². The molecule has 2 aromatic rings. The van der Waals surface area contributed by atoms with Crippen LogP contribution in [0, 0.1) is 17.0 Å². The number of hydrogen-bond donors (Lipinski definition) is 1. The Balaban J connectivity index is 2.20. The molecule has 5 nitrogen and oxygen atoms in total. The number of carboxylic acids is 1. The molecule has 0 fully saturated rings. The van der Waals surface area contributed by atoms with E-state index in [0.29, 0.717) is 0 Å². The molecular weight excluding hydrogens is 282 g/mol. The van der Waals surface area contributed by atoms with Crippen LogP contribution in [0.4, 0.5) is 8.78 Å². The first-order chi connectivity index (χ1) is 9.75. The molecule has 0 saturated carbocycles. The van der Waals surface area contributed by atoms with Crippen molar-refractivity contribution < 1.29 is 23.2 Å². The van der Waals surface area contributed by atoms with Gasteiger partial charge in [0.1, 0.15) is 11.6 Å². The van der Waals surface area contributed by atoms with Crippen LogP contribution in [0.25, 0.3) is 11.4 Å². The molecule has 2 rings (SSSR count). The van der Waals surface area contributed by atoms with Crippen molar-refractivity contribution in [3.63, 3.8) is 0 Å². The molecule has 7 heteroatoms. The predicted molar refractivity (Wildman–Crippen MR) is 69.4 cm³/mol. The van der Waals surface area contributed by atoms with Crippen molar-refractivity contribution in [3.05, 3.63) is 35.7 Å². The molecule has 0 saturated heterocycles. The van der Waals surface area contributed by atoms with Gasteiger partial charge >= 0.3 is 5.97 Å². The molecule has 0 unspecified atom stereocenters. The van der Waals surface area contributed by atoms with Crippen molar-refractivity contribution in [2.75, 3.05) is 0 Å². The lowest BCUT2D eigenvalue weighted by Gasteiger charge is -2.19. The highest BCUT2D eigenvalue weighted by molar-refractivity contribution is 5.67. The lowest BCUT2D eigenvalue weighted by molar-refractivity contribution is -0.139. The van der Waals surface area contributed by atoms with Gasteiger partial charge in [0.25, 0.3) is 0 Å². The number of rotatable bonds is 5. The summed E-state index contributed by atoms with van der Waals surface area (Å²) in [5.41, 5.74) is -0.401. The van der Waals surface area contributed by atoms with Crippen molar-refractivity contribution in [1.82, 2.24) is 10.1 Å². The third kappa shape index (κ3) is 4.08. The Labute approximate surface area is 119 Å². The van der Waals surface area contributed by atoms with Crippen LogP contribution in [0.5, 0.6) is 0 Å². The van der Waals surface area contributed by atoms with E-state index in [4.69, 9.17) is 9.63 Å². The molecule has 21 heavy (non-hydrogen) atoms. The second-order valence-electron chi connectivity index (χ2n) is 5.58. The van der Waals surface area contributed by atoms with Gasteiger partial charge in [0.05, 0.1) is 6.42 Å². The third-order valence-corrected chi connectivity index (χ3v) is 2.85. The number of nitrogens with zero attached hydrogens (tertiary/aromatic N) is 2. The van der Waals surface area contributed by atoms with Crippen molar-refractivity contribution in [2.45, 2.75) is 26.7 Å². The number of aromatic nitrogens is 2. The molecule has 0 atom stereocenters. The highest BCUT2D eigenvalue weighted by Crippen LogP contribution is 2.26. The Morgan fingerprint density at radius 2 is 1.90 bits per heavy atom. The highest BCUT2D eigenvalue weighted by Gasteiger charge is 2.25. The van der Waals surface area contributed by atoms with E-state index in [1.807, 2.05) is 0 Å². The number of benzene rings is 1. The van der Waals surface area contributed by atoms with Crippen LogP contribution in [-0.2, 0) is 11.2 Å². The maximum absolute atomic E-state index is 13.1. The largest absolute Gasteiger partial charge is 0.481 e. The minimum absolute atomic E-state index is 0.0562. The Bertz CT molecular complexity index is 648. The second-order valence-corrected chi connectivity index (χ2v) is 5.58. The van der Waals surface area contributed by atoms with Crippen LogP contribution in [0.3, 0.4) is 0 Å². The monoisotopic (exact) mass is 296 g/mol. The van der Waals surface area contributed by atoms with Crippen LogP contribution in [0.15, 0.2) is 22.7 Å². The molecule has 0 aliphatic rings. The smallest absolute Gasteiger partial charge is 0.303 e. The quantitative estimate of drug-likeness (QED) is 0.917. The van der Waals surface area contributed by atoms with Gasteiger partial charge in [-0.2, -0.15) is 4.98 Å². The van der Waals surface area contributed by atoms with E-state index < -0.39 is 23.0 Å². The second kappa shape index (κ2) is 5.59. The average molecular weight is 296 g/mol. The van der Waals surface area contributed by atoms with Gasteiger partial charge in [-0.15, -0.1) is 0 Å². The van der Waals surface area contributed by atoms with Crippen molar-refractivity contribution >= 4 is 5.97 Å². The summed E-state index contributed by atoms with van der Waals surface area (Å²) < 4.78 is 31.3. The zero-order chi connectivity index (χ0) is 15.6. The fourth-order valence-corrected chi connectivity index (χ4v) is 2.01. The number of hydrogen-bond acceptors (Lipinski definition) is 4. The van der Waals surface area contributed by atoms with Crippen LogP contribution in [-0.4, -0.2) is 21.2 Å². The minimum atomic E-state index is -0.924. The minimum Gasteiger partial charge on any atom is -0.481 e. The third-order valence-electron chi connectivity index (χ3n) is 2.85.